The summed E-state index contributed by atoms with van der Waals surface area (Å²) in [5.74, 6) is 0. The van der Waals surface area contributed by atoms with Gasteiger partial charge in [0.1, 0.15) is 0 Å². The summed E-state index contributed by atoms with van der Waals surface area (Å²) >= 11 is 0. The summed E-state index contributed by atoms with van der Waals surface area (Å²) in [4.78, 5) is 0. The molecular weight excluding hydrogens is 214 g/mol. The van der Waals surface area contributed by atoms with Crippen LogP contribution in [0.2, 0.25) is 0 Å². The van der Waals surface area contributed by atoms with Gasteiger partial charge in [0.05, 0.1) is 0 Å². The summed E-state index contributed by atoms with van der Waals surface area (Å²) < 4.78 is 71.2. The maximum absolute atomic E-state index is 11.9. The molecule has 0 spiro atoms. The Kier molecular flexibility index (Phi) is 3.27. The molecule has 0 aliphatic carbocycles. The van der Waals surface area contributed by atoms with Gasteiger partial charge in [0.15, 0.2) is 5.60 Å². The second kappa shape index (κ2) is 3.45. The number of hydrogen-bond acceptors (Lipinski definition) is 1. The van der Waals surface area contributed by atoms with Crippen molar-refractivity contribution in [3.8, 4) is 0 Å². The minimum absolute atomic E-state index is 0.252. The van der Waals surface area contributed by atoms with Crippen molar-refractivity contribution < 1.29 is 31.4 Å². The number of aliphatic hydroxyl groups is 1. The van der Waals surface area contributed by atoms with Gasteiger partial charge in [-0.25, -0.2) is 0 Å². The van der Waals surface area contributed by atoms with E-state index < -0.39 is 23.5 Å². The van der Waals surface area contributed by atoms with E-state index in [1.165, 1.54) is 0 Å². The second-order valence-electron chi connectivity index (χ2n) is 2.97. The Balaban J connectivity index is 5.00. The first-order chi connectivity index (χ1) is 5.88. The number of allylic oxidation sites excluding steroid dienone is 1. The highest BCUT2D eigenvalue weighted by Gasteiger charge is 2.49. The molecule has 0 rings (SSSR count). The first-order valence-corrected chi connectivity index (χ1v) is 3.43. The first-order valence-electron chi connectivity index (χ1n) is 3.43. The topological polar surface area (TPSA) is 20.2 Å². The van der Waals surface area contributed by atoms with E-state index in [4.69, 9.17) is 5.11 Å². The highest BCUT2D eigenvalue weighted by molar-refractivity contribution is 5.14. The predicted octanol–water partition coefficient (Wildman–Crippen LogP) is 2.81. The van der Waals surface area contributed by atoms with E-state index in [2.05, 4.69) is 0 Å². The van der Waals surface area contributed by atoms with Crippen molar-refractivity contribution in [1.29, 1.82) is 0 Å². The van der Waals surface area contributed by atoms with Crippen LogP contribution < -0.4 is 0 Å². The Morgan fingerprint density at radius 2 is 1.43 bits per heavy atom. The van der Waals surface area contributed by atoms with Crippen LogP contribution in [-0.2, 0) is 0 Å². The molecule has 0 radical (unpaired) electrons. The molecule has 0 aromatic heterocycles. The van der Waals surface area contributed by atoms with Crippen molar-refractivity contribution >= 4 is 0 Å². The third-order valence-electron chi connectivity index (χ3n) is 1.52. The second-order valence-corrected chi connectivity index (χ2v) is 2.97. The van der Waals surface area contributed by atoms with Gasteiger partial charge < -0.3 is 5.11 Å². The summed E-state index contributed by atoms with van der Waals surface area (Å²) in [6.07, 6.45) is -10.2. The summed E-state index contributed by atoms with van der Waals surface area (Å²) in [7, 11) is 0. The van der Waals surface area contributed by atoms with Gasteiger partial charge in [-0.15, -0.1) is 0 Å². The van der Waals surface area contributed by atoms with Crippen LogP contribution in [0.25, 0.3) is 0 Å². The van der Waals surface area contributed by atoms with E-state index in [1.54, 1.807) is 0 Å². The van der Waals surface area contributed by atoms with Crippen LogP contribution in [0.3, 0.4) is 0 Å². The fourth-order valence-corrected chi connectivity index (χ4v) is 0.585. The van der Waals surface area contributed by atoms with Crippen LogP contribution >= 0.6 is 0 Å². The lowest BCUT2D eigenvalue weighted by atomic mass is 10.0. The van der Waals surface area contributed by atoms with Gasteiger partial charge in [0.25, 0.3) is 0 Å². The molecule has 1 nitrogen and oxygen atoms in total. The van der Waals surface area contributed by atoms with Crippen molar-refractivity contribution in [3.63, 3.8) is 0 Å². The number of rotatable bonds is 1. The SMILES string of the molecule is CC(=CC(C)(O)C(F)(F)F)C(F)(F)F. The van der Waals surface area contributed by atoms with E-state index in [9.17, 15) is 26.3 Å². The maximum Gasteiger partial charge on any atom is 0.420 e. The smallest absolute Gasteiger partial charge is 0.377 e. The Morgan fingerprint density at radius 3 is 1.64 bits per heavy atom. The molecule has 0 saturated heterocycles. The molecule has 14 heavy (non-hydrogen) atoms. The molecule has 0 saturated carbocycles. The molecule has 0 fully saturated rings. The van der Waals surface area contributed by atoms with Gasteiger partial charge >= 0.3 is 12.4 Å². The zero-order valence-corrected chi connectivity index (χ0v) is 7.29. The van der Waals surface area contributed by atoms with Crippen LogP contribution in [0.4, 0.5) is 26.3 Å². The molecule has 0 amide bonds. The fourth-order valence-electron chi connectivity index (χ4n) is 0.585. The van der Waals surface area contributed by atoms with E-state index in [-0.39, 0.29) is 13.0 Å². The van der Waals surface area contributed by atoms with Gasteiger partial charge in [-0.2, -0.15) is 26.3 Å². The lowest BCUT2D eigenvalue weighted by Gasteiger charge is -2.23. The molecule has 1 atom stereocenters. The molecule has 0 bridgehead atoms. The largest absolute Gasteiger partial charge is 0.420 e. The third kappa shape index (κ3) is 3.21. The average molecular weight is 222 g/mol. The van der Waals surface area contributed by atoms with Crippen molar-refractivity contribution in [3.05, 3.63) is 11.6 Å². The quantitative estimate of drug-likeness (QED) is 0.534. The Morgan fingerprint density at radius 1 is 1.07 bits per heavy atom. The first kappa shape index (κ1) is 13.3. The fraction of sp³-hybridized carbons (Fsp3) is 0.714. The molecular formula is C7H8F6O. The van der Waals surface area contributed by atoms with Crippen molar-refractivity contribution in [1.82, 2.24) is 0 Å². The van der Waals surface area contributed by atoms with Gasteiger partial charge in [0.2, 0.25) is 0 Å². The minimum atomic E-state index is -5.13. The number of halogens is 6. The highest BCUT2D eigenvalue weighted by atomic mass is 19.4. The zero-order chi connectivity index (χ0) is 11.8. The monoisotopic (exact) mass is 222 g/mol. The summed E-state index contributed by atoms with van der Waals surface area (Å²) in [6.45, 7) is 0.711. The standard InChI is InChI=1S/C7H8F6O/c1-4(6(8,9)10)3-5(2,14)7(11,12)13/h3,14H,1-2H3. The van der Waals surface area contributed by atoms with Crippen molar-refractivity contribution in [2.45, 2.75) is 31.8 Å². The van der Waals surface area contributed by atoms with Crippen LogP contribution in [0.5, 0.6) is 0 Å². The Bertz CT molecular complexity index is 234. The summed E-state index contributed by atoms with van der Waals surface area (Å²) in [5, 5.41) is 8.68. The maximum atomic E-state index is 11.9. The molecule has 0 aromatic carbocycles. The predicted molar refractivity (Wildman–Crippen MR) is 36.5 cm³/mol. The summed E-state index contributed by atoms with van der Waals surface area (Å²) in [6, 6.07) is 0. The van der Waals surface area contributed by atoms with E-state index in [1.807, 2.05) is 0 Å². The lowest BCUT2D eigenvalue weighted by Crippen LogP contribution is -2.41. The van der Waals surface area contributed by atoms with E-state index >= 15 is 0 Å². The molecule has 0 aliphatic heterocycles. The van der Waals surface area contributed by atoms with Crippen LogP contribution in [0.1, 0.15) is 13.8 Å². The number of hydrogen-bond donors (Lipinski definition) is 1. The molecule has 0 aromatic rings. The van der Waals surface area contributed by atoms with Crippen LogP contribution in [-0.4, -0.2) is 23.1 Å². The van der Waals surface area contributed by atoms with Crippen molar-refractivity contribution in [2.24, 2.45) is 0 Å². The van der Waals surface area contributed by atoms with Gasteiger partial charge in [-0.1, -0.05) is 0 Å². The Labute approximate surface area is 76.0 Å². The molecule has 7 heteroatoms. The van der Waals surface area contributed by atoms with Gasteiger partial charge in [-0.3, -0.25) is 0 Å². The molecule has 84 valence electrons. The average Bonchev–Trinajstić information content (AvgIpc) is 1.80. The lowest BCUT2D eigenvalue weighted by molar-refractivity contribution is -0.233. The normalized spacial score (nSPS) is 19.4. The highest BCUT2D eigenvalue weighted by Crippen LogP contribution is 2.35. The van der Waals surface area contributed by atoms with Gasteiger partial charge in [0, 0.05) is 5.57 Å². The molecule has 1 unspecified atom stereocenters. The number of alkyl halides is 6. The summed E-state index contributed by atoms with van der Waals surface area (Å²) in [5.41, 5.74) is -4.95. The molecule has 0 heterocycles. The molecule has 0 aliphatic rings. The van der Waals surface area contributed by atoms with Crippen molar-refractivity contribution in [2.75, 3.05) is 0 Å². The van der Waals surface area contributed by atoms with E-state index in [0.717, 1.165) is 0 Å². The minimum Gasteiger partial charge on any atom is -0.377 e. The van der Waals surface area contributed by atoms with E-state index in [0.29, 0.717) is 6.92 Å². The Hall–Kier alpha value is -0.720. The van der Waals surface area contributed by atoms with Gasteiger partial charge in [-0.05, 0) is 19.9 Å². The van der Waals surface area contributed by atoms with Crippen LogP contribution in [0, 0.1) is 0 Å². The zero-order valence-electron chi connectivity index (χ0n) is 7.29. The van der Waals surface area contributed by atoms with Crippen LogP contribution in [0.15, 0.2) is 11.6 Å². The molecule has 1 N–H and O–H groups in total. The third-order valence-corrected chi connectivity index (χ3v) is 1.52.